The van der Waals surface area contributed by atoms with E-state index < -0.39 is 33.3 Å². The van der Waals surface area contributed by atoms with Crippen molar-refractivity contribution in [3.05, 3.63) is 33.6 Å². The summed E-state index contributed by atoms with van der Waals surface area (Å²) in [6.07, 6.45) is 1.57. The van der Waals surface area contributed by atoms with Gasteiger partial charge in [0.2, 0.25) is 0 Å². The van der Waals surface area contributed by atoms with Gasteiger partial charge in [0.05, 0.1) is 22.8 Å². The monoisotopic (exact) mass is 288 g/mol. The standard InChI is InChI=1S/C11H13FN2O4S/c1-3-18-11(15)10(19-2)8-7(14(16)17)5-4-6(12)9(8)13/h4-5,10H,3,13H2,1-2H3. The molecule has 0 saturated heterocycles. The Bertz CT molecular complexity index is 510. The van der Waals surface area contributed by atoms with Gasteiger partial charge < -0.3 is 10.5 Å². The van der Waals surface area contributed by atoms with Crippen LogP contribution in [0.25, 0.3) is 0 Å². The Morgan fingerprint density at radius 1 is 1.63 bits per heavy atom. The molecule has 0 heterocycles. The van der Waals surface area contributed by atoms with E-state index in [9.17, 15) is 19.3 Å². The van der Waals surface area contributed by atoms with E-state index in [1.165, 1.54) is 0 Å². The van der Waals surface area contributed by atoms with Crippen molar-refractivity contribution in [3.63, 3.8) is 0 Å². The van der Waals surface area contributed by atoms with Crippen LogP contribution in [0, 0.1) is 15.9 Å². The number of rotatable bonds is 5. The molecule has 0 fully saturated rings. The lowest BCUT2D eigenvalue weighted by Crippen LogP contribution is -2.16. The molecule has 0 radical (unpaired) electrons. The van der Waals surface area contributed by atoms with E-state index in [0.29, 0.717) is 0 Å². The van der Waals surface area contributed by atoms with Crippen molar-refractivity contribution < 1.29 is 18.8 Å². The third kappa shape index (κ3) is 3.14. The van der Waals surface area contributed by atoms with Crippen LogP contribution in [0.15, 0.2) is 12.1 Å². The first-order chi connectivity index (χ1) is 8.93. The SMILES string of the molecule is CCOC(=O)C(SC)c1c([N+](=O)[O-])ccc(F)c1N. The summed E-state index contributed by atoms with van der Waals surface area (Å²) in [4.78, 5) is 22.0. The normalized spacial score (nSPS) is 11.9. The average Bonchev–Trinajstić information content (AvgIpc) is 2.35. The van der Waals surface area contributed by atoms with E-state index >= 15 is 0 Å². The molecule has 1 aromatic carbocycles. The predicted octanol–water partition coefficient (Wildman–Crippen LogP) is 2.28. The van der Waals surface area contributed by atoms with Gasteiger partial charge in [0, 0.05) is 6.07 Å². The second-order valence-electron chi connectivity index (χ2n) is 3.52. The average molecular weight is 288 g/mol. The quantitative estimate of drug-likeness (QED) is 0.386. The van der Waals surface area contributed by atoms with Crippen LogP contribution in [0.4, 0.5) is 15.8 Å². The molecular weight excluding hydrogens is 275 g/mol. The molecule has 0 spiro atoms. The smallest absolute Gasteiger partial charge is 0.323 e. The number of hydrogen-bond donors (Lipinski definition) is 1. The third-order valence-electron chi connectivity index (χ3n) is 2.41. The maximum absolute atomic E-state index is 13.5. The van der Waals surface area contributed by atoms with Crippen molar-refractivity contribution in [2.24, 2.45) is 0 Å². The Balaban J connectivity index is 3.40. The highest BCUT2D eigenvalue weighted by molar-refractivity contribution is 7.99. The minimum Gasteiger partial charge on any atom is -0.465 e. The molecule has 0 aliphatic carbocycles. The molecule has 0 amide bonds. The Hall–Kier alpha value is -1.83. The number of nitrogens with two attached hydrogens (primary N) is 1. The van der Waals surface area contributed by atoms with E-state index in [1.54, 1.807) is 13.2 Å². The molecule has 1 rings (SSSR count). The lowest BCUT2D eigenvalue weighted by Gasteiger charge is -2.15. The highest BCUT2D eigenvalue weighted by atomic mass is 32.2. The van der Waals surface area contributed by atoms with Crippen LogP contribution >= 0.6 is 11.8 Å². The van der Waals surface area contributed by atoms with E-state index in [0.717, 1.165) is 23.9 Å². The number of nitrogen functional groups attached to an aromatic ring is 1. The van der Waals surface area contributed by atoms with Gasteiger partial charge in [-0.1, -0.05) is 0 Å². The largest absolute Gasteiger partial charge is 0.465 e. The molecule has 19 heavy (non-hydrogen) atoms. The Labute approximate surface area is 113 Å². The lowest BCUT2D eigenvalue weighted by molar-refractivity contribution is -0.385. The second-order valence-corrected chi connectivity index (χ2v) is 4.46. The number of carbonyl (C=O) groups excluding carboxylic acids is 1. The number of hydrogen-bond acceptors (Lipinski definition) is 6. The fourth-order valence-corrected chi connectivity index (χ4v) is 2.33. The van der Waals surface area contributed by atoms with E-state index in [1.807, 2.05) is 0 Å². The molecule has 1 aromatic rings. The number of nitro benzene ring substituents is 1. The molecular formula is C11H13FN2O4S. The fraction of sp³-hybridized carbons (Fsp3) is 0.364. The number of nitro groups is 1. The number of esters is 1. The Morgan fingerprint density at radius 3 is 2.74 bits per heavy atom. The molecule has 0 aliphatic rings. The molecule has 1 atom stereocenters. The van der Waals surface area contributed by atoms with Crippen LogP contribution in [-0.4, -0.2) is 23.8 Å². The number of thioether (sulfide) groups is 1. The number of halogens is 1. The minimum absolute atomic E-state index is 0.124. The number of nitrogens with zero attached hydrogens (tertiary/aromatic N) is 1. The molecule has 8 heteroatoms. The molecule has 0 saturated carbocycles. The van der Waals surface area contributed by atoms with Gasteiger partial charge in [-0.05, 0) is 19.2 Å². The molecule has 0 aliphatic heterocycles. The molecule has 1 unspecified atom stereocenters. The third-order valence-corrected chi connectivity index (χ3v) is 3.31. The van der Waals surface area contributed by atoms with Gasteiger partial charge in [-0.2, -0.15) is 0 Å². The molecule has 0 bridgehead atoms. The predicted molar refractivity (Wildman–Crippen MR) is 70.4 cm³/mol. The molecule has 0 aromatic heterocycles. The van der Waals surface area contributed by atoms with E-state index in [2.05, 4.69) is 0 Å². The van der Waals surface area contributed by atoms with Crippen molar-refractivity contribution in [3.8, 4) is 0 Å². The van der Waals surface area contributed by atoms with Gasteiger partial charge in [0.1, 0.15) is 11.1 Å². The highest BCUT2D eigenvalue weighted by Gasteiger charge is 2.32. The summed E-state index contributed by atoms with van der Waals surface area (Å²) < 4.78 is 18.3. The zero-order valence-electron chi connectivity index (χ0n) is 10.4. The summed E-state index contributed by atoms with van der Waals surface area (Å²) in [5.41, 5.74) is 4.58. The second kappa shape index (κ2) is 6.37. The van der Waals surface area contributed by atoms with Crippen LogP contribution in [0.5, 0.6) is 0 Å². The molecule has 104 valence electrons. The van der Waals surface area contributed by atoms with Crippen molar-refractivity contribution in [1.29, 1.82) is 0 Å². The fourth-order valence-electron chi connectivity index (χ4n) is 1.58. The number of ether oxygens (including phenoxy) is 1. The van der Waals surface area contributed by atoms with Crippen LogP contribution in [0.3, 0.4) is 0 Å². The van der Waals surface area contributed by atoms with E-state index in [4.69, 9.17) is 10.5 Å². The van der Waals surface area contributed by atoms with E-state index in [-0.39, 0.29) is 12.2 Å². The zero-order chi connectivity index (χ0) is 14.6. The zero-order valence-corrected chi connectivity index (χ0v) is 11.2. The van der Waals surface area contributed by atoms with Gasteiger partial charge in [0.15, 0.2) is 0 Å². The minimum atomic E-state index is -1.03. The van der Waals surface area contributed by atoms with Gasteiger partial charge in [-0.25, -0.2) is 4.39 Å². The van der Waals surface area contributed by atoms with Crippen molar-refractivity contribution in [2.45, 2.75) is 12.2 Å². The summed E-state index contributed by atoms with van der Waals surface area (Å²) in [6.45, 7) is 1.73. The summed E-state index contributed by atoms with van der Waals surface area (Å²) in [7, 11) is 0. The van der Waals surface area contributed by atoms with Crippen LogP contribution < -0.4 is 5.73 Å². The van der Waals surface area contributed by atoms with Gasteiger partial charge in [0.25, 0.3) is 5.69 Å². The summed E-state index contributed by atoms with van der Waals surface area (Å²) >= 11 is 1.000. The summed E-state index contributed by atoms with van der Waals surface area (Å²) in [6, 6.07) is 1.89. The first kappa shape index (κ1) is 15.2. The maximum Gasteiger partial charge on any atom is 0.323 e. The lowest BCUT2D eigenvalue weighted by atomic mass is 10.1. The van der Waals surface area contributed by atoms with Crippen molar-refractivity contribution >= 4 is 29.1 Å². The maximum atomic E-state index is 13.5. The number of anilines is 1. The van der Waals surface area contributed by atoms with Crippen LogP contribution in [-0.2, 0) is 9.53 Å². The topological polar surface area (TPSA) is 95.5 Å². The molecule has 6 nitrogen and oxygen atoms in total. The van der Waals surface area contributed by atoms with Crippen LogP contribution in [0.2, 0.25) is 0 Å². The molecule has 2 N–H and O–H groups in total. The van der Waals surface area contributed by atoms with Crippen molar-refractivity contribution in [1.82, 2.24) is 0 Å². The van der Waals surface area contributed by atoms with Crippen molar-refractivity contribution in [2.75, 3.05) is 18.6 Å². The van der Waals surface area contributed by atoms with Gasteiger partial charge in [-0.3, -0.25) is 14.9 Å². The van der Waals surface area contributed by atoms with Gasteiger partial charge >= 0.3 is 5.97 Å². The summed E-state index contributed by atoms with van der Waals surface area (Å²) in [5, 5.41) is 9.92. The summed E-state index contributed by atoms with van der Waals surface area (Å²) in [5.74, 6) is -1.49. The highest BCUT2D eigenvalue weighted by Crippen LogP contribution is 2.39. The first-order valence-electron chi connectivity index (χ1n) is 5.35. The Kier molecular flexibility index (Phi) is 5.11. The Morgan fingerprint density at radius 2 is 2.26 bits per heavy atom. The number of carbonyl (C=O) groups is 1. The van der Waals surface area contributed by atoms with Gasteiger partial charge in [-0.15, -0.1) is 11.8 Å². The number of benzene rings is 1. The first-order valence-corrected chi connectivity index (χ1v) is 6.64. The van der Waals surface area contributed by atoms with Crippen LogP contribution in [0.1, 0.15) is 17.7 Å².